The van der Waals surface area contributed by atoms with Gasteiger partial charge in [0.2, 0.25) is 0 Å². The maximum atomic E-state index is 13.2. The molecular formula is C20H19N5OS. The van der Waals surface area contributed by atoms with Gasteiger partial charge in [-0.15, -0.1) is 11.3 Å². The van der Waals surface area contributed by atoms with E-state index in [1.54, 1.807) is 11.3 Å². The number of amides is 1. The molecule has 0 N–H and O–H groups in total. The van der Waals surface area contributed by atoms with Crippen LogP contribution in [0, 0.1) is 6.92 Å². The first kappa shape index (κ1) is 16.3. The zero-order valence-corrected chi connectivity index (χ0v) is 16.0. The Morgan fingerprint density at radius 1 is 1.22 bits per heavy atom. The molecule has 0 unspecified atom stereocenters. The van der Waals surface area contributed by atoms with Crippen molar-refractivity contribution in [3.8, 4) is 11.3 Å². The molecule has 1 aromatic carbocycles. The zero-order valence-electron chi connectivity index (χ0n) is 15.2. The Hall–Kier alpha value is -2.93. The third-order valence-electron chi connectivity index (χ3n) is 5.17. The van der Waals surface area contributed by atoms with Crippen LogP contribution in [-0.2, 0) is 20.0 Å². The number of hydrogen-bond donors (Lipinski definition) is 0. The van der Waals surface area contributed by atoms with E-state index in [0.717, 1.165) is 28.5 Å². The molecule has 4 aromatic rings. The van der Waals surface area contributed by atoms with Crippen molar-refractivity contribution < 1.29 is 4.79 Å². The van der Waals surface area contributed by atoms with Gasteiger partial charge in [-0.25, -0.2) is 4.98 Å². The van der Waals surface area contributed by atoms with Crippen molar-refractivity contribution in [3.63, 3.8) is 0 Å². The van der Waals surface area contributed by atoms with Crippen molar-refractivity contribution in [2.75, 3.05) is 6.54 Å². The number of carbonyl (C=O) groups excluding carboxylic acids is 1. The van der Waals surface area contributed by atoms with Crippen LogP contribution in [0.2, 0.25) is 0 Å². The number of imidazole rings is 1. The highest BCUT2D eigenvalue weighted by Gasteiger charge is 2.30. The molecule has 3 aromatic heterocycles. The van der Waals surface area contributed by atoms with E-state index >= 15 is 0 Å². The number of nitrogens with zero attached hydrogens (tertiary/aromatic N) is 5. The first-order chi connectivity index (χ1) is 13.1. The Balaban J connectivity index is 1.49. The Bertz CT molecular complexity index is 1150. The van der Waals surface area contributed by atoms with E-state index in [-0.39, 0.29) is 5.91 Å². The Labute approximate surface area is 160 Å². The highest BCUT2D eigenvalue weighted by Crippen LogP contribution is 2.30. The molecule has 4 heterocycles. The maximum Gasteiger partial charge on any atom is 0.273 e. The van der Waals surface area contributed by atoms with E-state index in [1.165, 1.54) is 11.1 Å². The number of fused-ring (bicyclic) bond motifs is 2. The van der Waals surface area contributed by atoms with Crippen molar-refractivity contribution in [1.82, 2.24) is 24.1 Å². The average molecular weight is 377 g/mol. The van der Waals surface area contributed by atoms with E-state index in [2.05, 4.69) is 17.1 Å². The summed E-state index contributed by atoms with van der Waals surface area (Å²) in [5.74, 6) is 0.0240. The van der Waals surface area contributed by atoms with Crippen LogP contribution in [0.15, 0.2) is 41.9 Å². The molecule has 27 heavy (non-hydrogen) atoms. The second-order valence-electron chi connectivity index (χ2n) is 6.84. The lowest BCUT2D eigenvalue weighted by Gasteiger charge is -2.26. The summed E-state index contributed by atoms with van der Waals surface area (Å²) < 4.78 is 3.83. The van der Waals surface area contributed by atoms with Crippen molar-refractivity contribution in [2.45, 2.75) is 19.9 Å². The minimum absolute atomic E-state index is 0.0240. The molecule has 1 amide bonds. The monoisotopic (exact) mass is 377 g/mol. The molecule has 0 saturated heterocycles. The van der Waals surface area contributed by atoms with Gasteiger partial charge >= 0.3 is 0 Å². The highest BCUT2D eigenvalue weighted by molar-refractivity contribution is 7.15. The summed E-state index contributed by atoms with van der Waals surface area (Å²) in [6, 6.07) is 10.3. The Morgan fingerprint density at radius 3 is 2.85 bits per heavy atom. The second kappa shape index (κ2) is 6.06. The molecule has 1 aliphatic heterocycles. The second-order valence-corrected chi connectivity index (χ2v) is 7.71. The van der Waals surface area contributed by atoms with E-state index < -0.39 is 0 Å². The van der Waals surface area contributed by atoms with Crippen LogP contribution in [0.25, 0.3) is 16.2 Å². The molecule has 6 nitrogen and oxygen atoms in total. The maximum absolute atomic E-state index is 13.2. The fraction of sp³-hybridized carbons (Fsp3) is 0.250. The normalized spacial score (nSPS) is 13.9. The van der Waals surface area contributed by atoms with Gasteiger partial charge in [-0.05, 0) is 13.3 Å². The molecule has 1 aliphatic rings. The topological polar surface area (TPSA) is 55.4 Å². The van der Waals surface area contributed by atoms with Crippen molar-refractivity contribution >= 4 is 22.2 Å². The van der Waals surface area contributed by atoms with Gasteiger partial charge in [-0.2, -0.15) is 5.10 Å². The molecule has 0 radical (unpaired) electrons. The standard InChI is InChI=1S/C20H19N5OS/c1-13-17(25-10-11-27-20(25)21-13)19(26)24-9-8-15-16(12-24)22-23(2)18(15)14-6-4-3-5-7-14/h3-7,10-11H,8-9,12H2,1-2H3. The molecule has 136 valence electrons. The molecule has 0 atom stereocenters. The summed E-state index contributed by atoms with van der Waals surface area (Å²) in [7, 11) is 1.98. The summed E-state index contributed by atoms with van der Waals surface area (Å²) in [4.78, 5) is 20.5. The first-order valence-electron chi connectivity index (χ1n) is 8.95. The van der Waals surface area contributed by atoms with Crippen LogP contribution in [0.5, 0.6) is 0 Å². The molecule has 5 rings (SSSR count). The summed E-state index contributed by atoms with van der Waals surface area (Å²) in [6.45, 7) is 3.12. The zero-order chi connectivity index (χ0) is 18.5. The van der Waals surface area contributed by atoms with Crippen LogP contribution in [0.1, 0.15) is 27.4 Å². The van der Waals surface area contributed by atoms with Crippen LogP contribution < -0.4 is 0 Å². The number of aromatic nitrogens is 4. The van der Waals surface area contributed by atoms with Crippen LogP contribution >= 0.6 is 11.3 Å². The quantitative estimate of drug-likeness (QED) is 0.539. The SMILES string of the molecule is Cc1nc2sccn2c1C(=O)N1CCc2c(nn(C)c2-c2ccccc2)C1. The summed E-state index contributed by atoms with van der Waals surface area (Å²) in [5, 5.41) is 6.67. The smallest absolute Gasteiger partial charge is 0.273 e. The Kier molecular flexibility index (Phi) is 3.65. The minimum atomic E-state index is 0.0240. The van der Waals surface area contributed by atoms with E-state index in [4.69, 9.17) is 5.10 Å². The van der Waals surface area contributed by atoms with Crippen molar-refractivity contribution in [3.05, 3.63) is 64.6 Å². The molecule has 0 bridgehead atoms. The molecule has 0 aliphatic carbocycles. The molecule has 0 saturated carbocycles. The summed E-state index contributed by atoms with van der Waals surface area (Å²) >= 11 is 1.54. The third-order valence-corrected chi connectivity index (χ3v) is 5.93. The van der Waals surface area contributed by atoms with Gasteiger partial charge in [-0.1, -0.05) is 30.3 Å². The fourth-order valence-electron chi connectivity index (χ4n) is 3.95. The van der Waals surface area contributed by atoms with Gasteiger partial charge in [0.05, 0.1) is 23.6 Å². The summed E-state index contributed by atoms with van der Waals surface area (Å²) in [6.07, 6.45) is 2.72. The Morgan fingerprint density at radius 2 is 2.04 bits per heavy atom. The molecule has 7 heteroatoms. The summed E-state index contributed by atoms with van der Waals surface area (Å²) in [5.41, 5.74) is 5.99. The number of thiazole rings is 1. The van der Waals surface area contributed by atoms with E-state index in [9.17, 15) is 4.79 Å². The van der Waals surface area contributed by atoms with Crippen molar-refractivity contribution in [1.29, 1.82) is 0 Å². The number of hydrogen-bond acceptors (Lipinski definition) is 4. The predicted molar refractivity (Wildman–Crippen MR) is 105 cm³/mol. The third kappa shape index (κ3) is 2.49. The van der Waals surface area contributed by atoms with Crippen LogP contribution in [0.4, 0.5) is 0 Å². The van der Waals surface area contributed by atoms with E-state index in [0.29, 0.717) is 18.8 Å². The fourth-order valence-corrected chi connectivity index (χ4v) is 4.71. The van der Waals surface area contributed by atoms with Crippen molar-refractivity contribution in [2.24, 2.45) is 7.05 Å². The van der Waals surface area contributed by atoms with Gasteiger partial charge < -0.3 is 4.90 Å². The van der Waals surface area contributed by atoms with Gasteiger partial charge in [0.15, 0.2) is 4.96 Å². The van der Waals surface area contributed by atoms with Gasteiger partial charge in [0.1, 0.15) is 5.69 Å². The predicted octanol–water partition coefficient (Wildman–Crippen LogP) is 3.30. The van der Waals surface area contributed by atoms with E-state index in [1.807, 2.05) is 57.7 Å². The minimum Gasteiger partial charge on any atom is -0.331 e. The largest absolute Gasteiger partial charge is 0.331 e. The lowest BCUT2D eigenvalue weighted by atomic mass is 9.99. The first-order valence-corrected chi connectivity index (χ1v) is 9.83. The van der Waals surface area contributed by atoms with Crippen LogP contribution in [-0.4, -0.2) is 36.5 Å². The number of rotatable bonds is 2. The van der Waals surface area contributed by atoms with Gasteiger partial charge in [0, 0.05) is 36.3 Å². The molecule has 0 spiro atoms. The van der Waals surface area contributed by atoms with Gasteiger partial charge in [-0.3, -0.25) is 13.9 Å². The molecular weight excluding hydrogens is 358 g/mol. The van der Waals surface area contributed by atoms with Gasteiger partial charge in [0.25, 0.3) is 5.91 Å². The average Bonchev–Trinajstić information content (AvgIpc) is 3.32. The lowest BCUT2D eigenvalue weighted by Crippen LogP contribution is -2.36. The number of aryl methyl sites for hydroxylation is 2. The molecule has 0 fully saturated rings. The highest BCUT2D eigenvalue weighted by atomic mass is 32.1. The number of benzene rings is 1. The lowest BCUT2D eigenvalue weighted by molar-refractivity contribution is 0.0724. The van der Waals surface area contributed by atoms with Crippen LogP contribution in [0.3, 0.4) is 0 Å². The number of carbonyl (C=O) groups is 1.